The third-order valence-electron chi connectivity index (χ3n) is 6.87. The van der Waals surface area contributed by atoms with Crippen LogP contribution in [-0.2, 0) is 11.2 Å². The fourth-order valence-corrected chi connectivity index (χ4v) is 5.30. The van der Waals surface area contributed by atoms with Gasteiger partial charge in [-0.2, -0.15) is 0 Å². The number of nitrogens with one attached hydrogen (secondary N) is 1. The van der Waals surface area contributed by atoms with Gasteiger partial charge >= 0.3 is 0 Å². The molecule has 1 aromatic rings. The minimum Gasteiger partial charge on any atom is -0.350 e. The molecular formula is C21H30N2O. The molecule has 130 valence electrons. The van der Waals surface area contributed by atoms with Crippen LogP contribution in [0.15, 0.2) is 30.3 Å². The van der Waals surface area contributed by atoms with Crippen molar-refractivity contribution in [1.82, 2.24) is 5.32 Å². The van der Waals surface area contributed by atoms with E-state index in [4.69, 9.17) is 5.73 Å². The zero-order valence-corrected chi connectivity index (χ0v) is 14.5. The highest BCUT2D eigenvalue weighted by Crippen LogP contribution is 2.43. The summed E-state index contributed by atoms with van der Waals surface area (Å²) in [6.07, 6.45) is 10.2. The molecule has 2 atom stereocenters. The maximum Gasteiger partial charge on any atom is 0.223 e. The van der Waals surface area contributed by atoms with Crippen LogP contribution in [0.25, 0.3) is 0 Å². The summed E-state index contributed by atoms with van der Waals surface area (Å²) in [5.41, 5.74) is 7.72. The number of hydrogen-bond acceptors (Lipinski definition) is 2. The lowest BCUT2D eigenvalue weighted by Crippen LogP contribution is -2.58. The SMILES string of the molecule is NC1C2CCCC1CC(C(=O)NC1(Cc3ccccc3)CCC1)C2. The van der Waals surface area contributed by atoms with E-state index in [-0.39, 0.29) is 11.5 Å². The van der Waals surface area contributed by atoms with E-state index in [1.54, 1.807) is 0 Å². The maximum absolute atomic E-state index is 13.0. The van der Waals surface area contributed by atoms with Gasteiger partial charge in [0.2, 0.25) is 5.91 Å². The molecule has 24 heavy (non-hydrogen) atoms. The van der Waals surface area contributed by atoms with Crippen LogP contribution in [0.2, 0.25) is 0 Å². The van der Waals surface area contributed by atoms with Gasteiger partial charge in [0.25, 0.3) is 0 Å². The molecule has 2 unspecified atom stereocenters. The minimum absolute atomic E-state index is 0.00705. The zero-order valence-electron chi connectivity index (χ0n) is 14.5. The average Bonchev–Trinajstić information content (AvgIpc) is 2.53. The van der Waals surface area contributed by atoms with Crippen LogP contribution in [0, 0.1) is 17.8 Å². The summed E-state index contributed by atoms with van der Waals surface area (Å²) in [6.45, 7) is 0. The molecule has 2 bridgehead atoms. The predicted octanol–water partition coefficient (Wildman–Crippen LogP) is 3.42. The summed E-state index contributed by atoms with van der Waals surface area (Å²) in [6, 6.07) is 10.9. The molecule has 3 aliphatic rings. The molecular weight excluding hydrogens is 296 g/mol. The largest absolute Gasteiger partial charge is 0.350 e. The Morgan fingerprint density at radius 2 is 1.75 bits per heavy atom. The summed E-state index contributed by atoms with van der Waals surface area (Å²) in [5.74, 6) is 1.63. The van der Waals surface area contributed by atoms with Gasteiger partial charge in [0.1, 0.15) is 0 Å². The van der Waals surface area contributed by atoms with E-state index < -0.39 is 0 Å². The van der Waals surface area contributed by atoms with Gasteiger partial charge in [0, 0.05) is 17.5 Å². The fraction of sp³-hybridized carbons (Fsp3) is 0.667. The van der Waals surface area contributed by atoms with Crippen LogP contribution in [0.3, 0.4) is 0 Å². The molecule has 1 aromatic carbocycles. The number of carbonyl (C=O) groups excluding carboxylic acids is 1. The number of rotatable bonds is 4. The third-order valence-corrected chi connectivity index (χ3v) is 6.87. The number of fused-ring (bicyclic) bond motifs is 2. The lowest BCUT2D eigenvalue weighted by molar-refractivity contribution is -0.131. The number of amides is 1. The summed E-state index contributed by atoms with van der Waals surface area (Å²) < 4.78 is 0. The number of nitrogens with two attached hydrogens (primary N) is 1. The Labute approximate surface area is 145 Å². The highest BCUT2D eigenvalue weighted by Gasteiger charge is 2.44. The van der Waals surface area contributed by atoms with Crippen molar-refractivity contribution >= 4 is 5.91 Å². The molecule has 4 rings (SSSR count). The lowest BCUT2D eigenvalue weighted by Gasteiger charge is -2.47. The number of benzene rings is 1. The first-order valence-corrected chi connectivity index (χ1v) is 9.77. The van der Waals surface area contributed by atoms with E-state index in [2.05, 4.69) is 35.6 Å². The van der Waals surface area contributed by atoms with Crippen molar-refractivity contribution in [2.24, 2.45) is 23.5 Å². The van der Waals surface area contributed by atoms with Gasteiger partial charge in [-0.25, -0.2) is 0 Å². The van der Waals surface area contributed by atoms with Crippen molar-refractivity contribution in [3.05, 3.63) is 35.9 Å². The standard InChI is InChI=1S/C21H30N2O/c22-19-16-8-4-9-17(19)13-18(12-16)20(24)23-21(10-5-11-21)14-15-6-2-1-3-7-15/h1-3,6-7,16-19H,4-5,8-14,22H2,(H,23,24). The van der Waals surface area contributed by atoms with Gasteiger partial charge < -0.3 is 11.1 Å². The number of carbonyl (C=O) groups is 1. The van der Waals surface area contributed by atoms with Crippen molar-refractivity contribution < 1.29 is 4.79 Å². The Morgan fingerprint density at radius 1 is 1.08 bits per heavy atom. The van der Waals surface area contributed by atoms with Crippen LogP contribution < -0.4 is 11.1 Å². The monoisotopic (exact) mass is 326 g/mol. The highest BCUT2D eigenvalue weighted by atomic mass is 16.2. The first-order chi connectivity index (χ1) is 11.7. The molecule has 3 heteroatoms. The van der Waals surface area contributed by atoms with E-state index in [0.29, 0.717) is 23.8 Å². The lowest BCUT2D eigenvalue weighted by atomic mass is 9.64. The molecule has 3 aliphatic carbocycles. The van der Waals surface area contributed by atoms with Crippen LogP contribution in [-0.4, -0.2) is 17.5 Å². The molecule has 0 aliphatic heterocycles. The van der Waals surface area contributed by atoms with Gasteiger partial charge in [-0.05, 0) is 68.8 Å². The van der Waals surface area contributed by atoms with Crippen molar-refractivity contribution in [2.75, 3.05) is 0 Å². The van der Waals surface area contributed by atoms with E-state index in [0.717, 1.165) is 32.1 Å². The second kappa shape index (κ2) is 6.51. The summed E-state index contributed by atoms with van der Waals surface area (Å²) in [4.78, 5) is 13.0. The fourth-order valence-electron chi connectivity index (χ4n) is 5.30. The molecule has 3 N–H and O–H groups in total. The molecule has 0 radical (unpaired) electrons. The van der Waals surface area contributed by atoms with Crippen molar-refractivity contribution in [1.29, 1.82) is 0 Å². The molecule has 0 heterocycles. The Morgan fingerprint density at radius 3 is 2.33 bits per heavy atom. The van der Waals surface area contributed by atoms with Crippen LogP contribution in [0.4, 0.5) is 0 Å². The molecule has 3 nitrogen and oxygen atoms in total. The third kappa shape index (κ3) is 3.11. The predicted molar refractivity (Wildman–Crippen MR) is 96.4 cm³/mol. The molecule has 0 aromatic heterocycles. The van der Waals surface area contributed by atoms with E-state index in [9.17, 15) is 4.79 Å². The Hall–Kier alpha value is -1.35. The van der Waals surface area contributed by atoms with Gasteiger partial charge in [-0.15, -0.1) is 0 Å². The Balaban J connectivity index is 1.41. The smallest absolute Gasteiger partial charge is 0.223 e. The zero-order chi connectivity index (χ0) is 16.6. The van der Waals surface area contributed by atoms with Crippen LogP contribution in [0.1, 0.15) is 56.9 Å². The van der Waals surface area contributed by atoms with Crippen molar-refractivity contribution in [3.63, 3.8) is 0 Å². The molecule has 1 amide bonds. The summed E-state index contributed by atoms with van der Waals surface area (Å²) in [5, 5.41) is 3.47. The van der Waals surface area contributed by atoms with Crippen LogP contribution in [0.5, 0.6) is 0 Å². The highest BCUT2D eigenvalue weighted by molar-refractivity contribution is 5.80. The number of hydrogen-bond donors (Lipinski definition) is 2. The second-order valence-electron chi connectivity index (χ2n) is 8.48. The van der Waals surface area contributed by atoms with Crippen molar-refractivity contribution in [3.8, 4) is 0 Å². The first-order valence-electron chi connectivity index (χ1n) is 9.77. The minimum atomic E-state index is 0.00705. The molecule has 0 spiro atoms. The second-order valence-corrected chi connectivity index (χ2v) is 8.48. The van der Waals surface area contributed by atoms with E-state index in [1.807, 2.05) is 0 Å². The quantitative estimate of drug-likeness (QED) is 0.891. The van der Waals surface area contributed by atoms with Gasteiger partial charge in [0.15, 0.2) is 0 Å². The summed E-state index contributed by atoms with van der Waals surface area (Å²) >= 11 is 0. The van der Waals surface area contributed by atoms with Gasteiger partial charge in [0.05, 0.1) is 0 Å². The molecule has 3 saturated carbocycles. The normalized spacial score (nSPS) is 34.2. The van der Waals surface area contributed by atoms with E-state index in [1.165, 1.54) is 31.2 Å². The first kappa shape index (κ1) is 16.1. The Bertz CT molecular complexity index is 567. The maximum atomic E-state index is 13.0. The van der Waals surface area contributed by atoms with E-state index >= 15 is 0 Å². The summed E-state index contributed by atoms with van der Waals surface area (Å²) in [7, 11) is 0. The van der Waals surface area contributed by atoms with Crippen molar-refractivity contribution in [2.45, 2.75) is 69.4 Å². The van der Waals surface area contributed by atoms with Gasteiger partial charge in [-0.1, -0.05) is 36.8 Å². The van der Waals surface area contributed by atoms with Gasteiger partial charge in [-0.3, -0.25) is 4.79 Å². The molecule has 0 saturated heterocycles. The topological polar surface area (TPSA) is 55.1 Å². The Kier molecular flexibility index (Phi) is 4.38. The average molecular weight is 326 g/mol. The molecule has 3 fully saturated rings. The van der Waals surface area contributed by atoms with Crippen LogP contribution >= 0.6 is 0 Å².